The van der Waals surface area contributed by atoms with Crippen LogP contribution in [0.4, 0.5) is 5.69 Å². The molecular formula is C21H14N2O5. The third-order valence-corrected chi connectivity index (χ3v) is 4.36. The number of esters is 1. The van der Waals surface area contributed by atoms with Crippen LogP contribution in [-0.2, 0) is 9.53 Å². The molecule has 1 heterocycles. The van der Waals surface area contributed by atoms with Gasteiger partial charge in [-0.2, -0.15) is 0 Å². The summed E-state index contributed by atoms with van der Waals surface area (Å²) in [4.78, 5) is 27.2. The smallest absolute Gasteiger partial charge is 0.363 e. The van der Waals surface area contributed by atoms with Crippen LogP contribution in [-0.4, -0.2) is 23.9 Å². The Morgan fingerprint density at radius 2 is 1.89 bits per heavy atom. The van der Waals surface area contributed by atoms with Gasteiger partial charge in [-0.3, -0.25) is 10.1 Å². The van der Waals surface area contributed by atoms with Crippen LogP contribution in [0.1, 0.15) is 11.1 Å². The molecule has 0 aromatic heterocycles. The van der Waals surface area contributed by atoms with Crippen molar-refractivity contribution in [3.05, 3.63) is 87.6 Å². The van der Waals surface area contributed by atoms with E-state index in [-0.39, 0.29) is 23.0 Å². The van der Waals surface area contributed by atoms with Gasteiger partial charge in [-0.1, -0.05) is 42.5 Å². The average Bonchev–Trinajstić information content (AvgIpc) is 3.08. The van der Waals surface area contributed by atoms with E-state index in [2.05, 4.69) is 4.99 Å². The van der Waals surface area contributed by atoms with Gasteiger partial charge in [0.25, 0.3) is 0 Å². The molecule has 0 radical (unpaired) electrons. The third kappa shape index (κ3) is 3.09. The minimum absolute atomic E-state index is 0.0160. The molecule has 0 unspecified atom stereocenters. The quantitative estimate of drug-likeness (QED) is 0.297. The monoisotopic (exact) mass is 374 g/mol. The zero-order chi connectivity index (χ0) is 19.7. The lowest BCUT2D eigenvalue weighted by molar-refractivity contribution is -0.385. The maximum Gasteiger partial charge on any atom is 0.363 e. The van der Waals surface area contributed by atoms with E-state index in [0.29, 0.717) is 5.56 Å². The fourth-order valence-electron chi connectivity index (χ4n) is 3.02. The summed E-state index contributed by atoms with van der Waals surface area (Å²) in [5.74, 6) is -0.478. The fourth-order valence-corrected chi connectivity index (χ4v) is 3.02. The van der Waals surface area contributed by atoms with Gasteiger partial charge in [-0.05, 0) is 34.5 Å². The highest BCUT2D eigenvalue weighted by atomic mass is 16.6. The molecule has 138 valence electrons. The van der Waals surface area contributed by atoms with Crippen LogP contribution in [0.15, 0.2) is 71.4 Å². The molecule has 1 aliphatic heterocycles. The molecule has 3 aromatic rings. The number of benzene rings is 3. The number of aliphatic imine (C=N–C) groups is 1. The summed E-state index contributed by atoms with van der Waals surface area (Å²) in [7, 11) is 1.35. The zero-order valence-electron chi connectivity index (χ0n) is 14.8. The van der Waals surface area contributed by atoms with Crippen molar-refractivity contribution in [2.75, 3.05) is 7.11 Å². The van der Waals surface area contributed by atoms with Crippen LogP contribution >= 0.6 is 0 Å². The Balaban J connectivity index is 1.75. The number of nitro groups is 1. The first kappa shape index (κ1) is 17.4. The topological polar surface area (TPSA) is 91.0 Å². The van der Waals surface area contributed by atoms with Crippen LogP contribution in [0.5, 0.6) is 5.75 Å². The van der Waals surface area contributed by atoms with Crippen LogP contribution in [0.2, 0.25) is 0 Å². The van der Waals surface area contributed by atoms with Gasteiger partial charge in [0.2, 0.25) is 5.90 Å². The molecule has 4 rings (SSSR count). The Morgan fingerprint density at radius 3 is 2.68 bits per heavy atom. The van der Waals surface area contributed by atoms with Crippen molar-refractivity contribution in [2.45, 2.75) is 0 Å². The van der Waals surface area contributed by atoms with Crippen molar-refractivity contribution in [3.63, 3.8) is 0 Å². The van der Waals surface area contributed by atoms with Crippen molar-refractivity contribution >= 4 is 34.4 Å². The zero-order valence-corrected chi connectivity index (χ0v) is 14.8. The van der Waals surface area contributed by atoms with Gasteiger partial charge in [0.15, 0.2) is 11.4 Å². The number of rotatable bonds is 4. The number of carbonyl (C=O) groups excluding carboxylic acids is 1. The summed E-state index contributed by atoms with van der Waals surface area (Å²) in [6, 6.07) is 17.8. The second kappa shape index (κ2) is 6.96. The molecule has 7 heteroatoms. The summed E-state index contributed by atoms with van der Waals surface area (Å²) in [6.07, 6.45) is 1.65. The number of nitrogens with zero attached hydrogens (tertiary/aromatic N) is 2. The molecule has 0 fully saturated rings. The highest BCUT2D eigenvalue weighted by Gasteiger charge is 2.26. The Labute approximate surface area is 159 Å². The highest BCUT2D eigenvalue weighted by Crippen LogP contribution is 2.30. The first-order valence-electron chi connectivity index (χ1n) is 8.40. The number of cyclic esters (lactones) is 1. The summed E-state index contributed by atoms with van der Waals surface area (Å²) in [6.45, 7) is 0. The molecule has 1 aliphatic rings. The Kier molecular flexibility index (Phi) is 4.33. The number of carbonyl (C=O) groups is 1. The first-order valence-corrected chi connectivity index (χ1v) is 8.40. The van der Waals surface area contributed by atoms with Crippen LogP contribution < -0.4 is 4.74 Å². The summed E-state index contributed by atoms with van der Waals surface area (Å²) in [5.41, 5.74) is 1.05. The molecule has 3 aromatic carbocycles. The molecule has 0 bridgehead atoms. The maximum absolute atomic E-state index is 12.3. The standard InChI is InChI=1S/C21H14N2O5/c1-27-19-10-9-15(12-18(19)23(25)26)20-22-17(21(24)28-20)11-14-7-4-6-13-5-2-3-8-16(13)14/h2-12H,1H3/b17-11-. The van der Waals surface area contributed by atoms with E-state index in [4.69, 9.17) is 9.47 Å². The Bertz CT molecular complexity index is 1180. The Morgan fingerprint density at radius 1 is 1.11 bits per heavy atom. The minimum Gasteiger partial charge on any atom is -0.490 e. The third-order valence-electron chi connectivity index (χ3n) is 4.36. The maximum atomic E-state index is 12.3. The normalized spacial score (nSPS) is 14.8. The molecule has 0 atom stereocenters. The molecular weight excluding hydrogens is 360 g/mol. The van der Waals surface area contributed by atoms with Gasteiger partial charge in [-0.15, -0.1) is 0 Å². The van der Waals surface area contributed by atoms with Crippen molar-refractivity contribution in [2.24, 2.45) is 4.99 Å². The lowest BCUT2D eigenvalue weighted by Gasteiger charge is -2.03. The number of nitro benzene ring substituents is 1. The van der Waals surface area contributed by atoms with Gasteiger partial charge in [0.1, 0.15) is 0 Å². The Hall–Kier alpha value is -4.00. The largest absolute Gasteiger partial charge is 0.490 e. The van der Waals surface area contributed by atoms with Gasteiger partial charge < -0.3 is 9.47 Å². The minimum atomic E-state index is -0.610. The van der Waals surface area contributed by atoms with Crippen molar-refractivity contribution in [1.29, 1.82) is 0 Å². The van der Waals surface area contributed by atoms with Gasteiger partial charge in [0.05, 0.1) is 12.0 Å². The lowest BCUT2D eigenvalue weighted by atomic mass is 10.0. The molecule has 0 spiro atoms. The predicted octanol–water partition coefficient (Wildman–Crippen LogP) is 4.10. The second-order valence-corrected chi connectivity index (χ2v) is 6.05. The number of ether oxygens (including phenoxy) is 2. The van der Waals surface area contributed by atoms with E-state index in [1.807, 2.05) is 42.5 Å². The molecule has 0 saturated heterocycles. The molecule has 0 saturated carbocycles. The fraction of sp³-hybridized carbons (Fsp3) is 0.0476. The molecule has 0 aliphatic carbocycles. The number of methoxy groups -OCH3 is 1. The summed E-state index contributed by atoms with van der Waals surface area (Å²) < 4.78 is 10.2. The number of hydrogen-bond acceptors (Lipinski definition) is 6. The van der Waals surface area contributed by atoms with Crippen molar-refractivity contribution in [3.8, 4) is 5.75 Å². The SMILES string of the molecule is COc1ccc(C2=N/C(=C\c3cccc4ccccc34)C(=O)O2)cc1[N+](=O)[O-]. The first-order chi connectivity index (χ1) is 13.6. The van der Waals surface area contributed by atoms with Crippen LogP contribution in [0, 0.1) is 10.1 Å². The number of fused-ring (bicyclic) bond motifs is 1. The van der Waals surface area contributed by atoms with Crippen LogP contribution in [0.3, 0.4) is 0 Å². The molecule has 28 heavy (non-hydrogen) atoms. The van der Waals surface area contributed by atoms with Gasteiger partial charge >= 0.3 is 11.7 Å². The highest BCUT2D eigenvalue weighted by molar-refractivity contribution is 6.13. The van der Waals surface area contributed by atoms with E-state index < -0.39 is 10.9 Å². The average molecular weight is 374 g/mol. The summed E-state index contributed by atoms with van der Waals surface area (Å²) >= 11 is 0. The molecule has 0 amide bonds. The summed E-state index contributed by atoms with van der Waals surface area (Å²) in [5, 5.41) is 13.2. The predicted molar refractivity (Wildman–Crippen MR) is 104 cm³/mol. The van der Waals surface area contributed by atoms with E-state index in [0.717, 1.165) is 16.3 Å². The van der Waals surface area contributed by atoms with E-state index in [1.54, 1.807) is 12.1 Å². The molecule has 7 nitrogen and oxygen atoms in total. The van der Waals surface area contributed by atoms with E-state index >= 15 is 0 Å². The van der Waals surface area contributed by atoms with E-state index in [1.165, 1.54) is 19.2 Å². The van der Waals surface area contributed by atoms with Crippen LogP contribution in [0.25, 0.3) is 16.8 Å². The van der Waals surface area contributed by atoms with Crippen molar-refractivity contribution < 1.29 is 19.2 Å². The lowest BCUT2D eigenvalue weighted by Crippen LogP contribution is -2.06. The van der Waals surface area contributed by atoms with Crippen molar-refractivity contribution in [1.82, 2.24) is 0 Å². The molecule has 0 N–H and O–H groups in total. The van der Waals surface area contributed by atoms with Gasteiger partial charge in [-0.25, -0.2) is 9.79 Å². The van der Waals surface area contributed by atoms with E-state index in [9.17, 15) is 14.9 Å². The van der Waals surface area contributed by atoms with Gasteiger partial charge in [0, 0.05) is 11.6 Å². The second-order valence-electron chi connectivity index (χ2n) is 6.05. The number of hydrogen-bond donors (Lipinski definition) is 0.